The fourth-order valence-electron chi connectivity index (χ4n) is 1.68. The van der Waals surface area contributed by atoms with Gasteiger partial charge in [0.05, 0.1) is 12.1 Å². The van der Waals surface area contributed by atoms with Crippen LogP contribution in [-0.2, 0) is 4.79 Å². The number of hydrogen-bond acceptors (Lipinski definition) is 2. The molecule has 0 fully saturated rings. The lowest BCUT2D eigenvalue weighted by Gasteiger charge is -2.21. The Morgan fingerprint density at radius 1 is 1.28 bits per heavy atom. The van der Waals surface area contributed by atoms with Crippen LogP contribution in [0.3, 0.4) is 0 Å². The molecular weight excluding hydrogens is 248 g/mol. The van der Waals surface area contributed by atoms with Crippen molar-refractivity contribution in [2.75, 3.05) is 0 Å². The second kappa shape index (κ2) is 8.11. The predicted molar refractivity (Wildman–Crippen MR) is 77.7 cm³/mol. The highest BCUT2D eigenvalue weighted by molar-refractivity contribution is 5.85. The summed E-state index contributed by atoms with van der Waals surface area (Å²) in [5, 5.41) is 3.00. The molecule has 0 spiro atoms. The zero-order chi connectivity index (χ0) is 12.8. The highest BCUT2D eigenvalue weighted by Crippen LogP contribution is 2.16. The molecule has 0 saturated carbocycles. The molecule has 0 aliphatic heterocycles. The second-order valence-electron chi connectivity index (χ2n) is 4.65. The molecule has 0 saturated heterocycles. The van der Waals surface area contributed by atoms with Crippen molar-refractivity contribution in [3.05, 3.63) is 35.9 Å². The van der Waals surface area contributed by atoms with Gasteiger partial charge >= 0.3 is 0 Å². The molecule has 1 amide bonds. The second-order valence-corrected chi connectivity index (χ2v) is 4.65. The highest BCUT2D eigenvalue weighted by atomic mass is 35.5. The fourth-order valence-corrected chi connectivity index (χ4v) is 1.68. The van der Waals surface area contributed by atoms with Gasteiger partial charge in [0.25, 0.3) is 0 Å². The normalized spacial score (nSPS) is 13.6. The molecule has 3 N–H and O–H groups in total. The molecule has 18 heavy (non-hydrogen) atoms. The van der Waals surface area contributed by atoms with Crippen molar-refractivity contribution in [1.82, 2.24) is 5.32 Å². The number of nitrogens with one attached hydrogen (secondary N) is 1. The molecule has 0 radical (unpaired) electrons. The molecule has 0 bridgehead atoms. The highest BCUT2D eigenvalue weighted by Gasteiger charge is 2.20. The quantitative estimate of drug-likeness (QED) is 0.864. The van der Waals surface area contributed by atoms with Crippen LogP contribution >= 0.6 is 12.4 Å². The Hall–Kier alpha value is -1.06. The van der Waals surface area contributed by atoms with Crippen LogP contribution in [0.5, 0.6) is 0 Å². The zero-order valence-corrected chi connectivity index (χ0v) is 12.0. The largest absolute Gasteiger partial charge is 0.348 e. The average Bonchev–Trinajstić information content (AvgIpc) is 2.35. The maximum atomic E-state index is 11.9. The van der Waals surface area contributed by atoms with Crippen molar-refractivity contribution >= 4 is 18.3 Å². The van der Waals surface area contributed by atoms with Crippen molar-refractivity contribution < 1.29 is 4.79 Å². The van der Waals surface area contributed by atoms with Crippen LogP contribution in [0.2, 0.25) is 0 Å². The number of rotatable bonds is 5. The Kier molecular flexibility index (Phi) is 7.64. The number of carbonyl (C=O) groups is 1. The summed E-state index contributed by atoms with van der Waals surface area (Å²) in [6, 6.07) is 9.59. The smallest absolute Gasteiger partial charge is 0.237 e. The van der Waals surface area contributed by atoms with E-state index in [0.717, 1.165) is 12.0 Å². The molecule has 102 valence electrons. The van der Waals surface area contributed by atoms with Crippen LogP contribution in [0.4, 0.5) is 0 Å². The summed E-state index contributed by atoms with van der Waals surface area (Å²) in [5.41, 5.74) is 6.95. The number of nitrogens with two attached hydrogens (primary N) is 1. The summed E-state index contributed by atoms with van der Waals surface area (Å²) < 4.78 is 0. The summed E-state index contributed by atoms with van der Waals surface area (Å²) in [6.45, 7) is 5.96. The predicted octanol–water partition coefficient (Wildman–Crippen LogP) is 2.66. The van der Waals surface area contributed by atoms with E-state index in [0.29, 0.717) is 0 Å². The number of benzene rings is 1. The average molecular weight is 271 g/mol. The first-order valence-electron chi connectivity index (χ1n) is 6.17. The van der Waals surface area contributed by atoms with Crippen LogP contribution in [0.15, 0.2) is 30.3 Å². The molecule has 1 aromatic carbocycles. The standard InChI is InChI=1S/C14H22N2O.ClH/c1-4-12(11-8-6-5-7-9-11)16-14(17)13(15)10(2)3;/h5-10,12-13H,4,15H2,1-3H3,(H,16,17);1H/t12-,13?;/m1./s1. The summed E-state index contributed by atoms with van der Waals surface area (Å²) >= 11 is 0. The van der Waals surface area contributed by atoms with E-state index in [9.17, 15) is 4.79 Å². The lowest BCUT2D eigenvalue weighted by Crippen LogP contribution is -2.45. The molecule has 2 atom stereocenters. The van der Waals surface area contributed by atoms with Crippen LogP contribution in [0.25, 0.3) is 0 Å². The van der Waals surface area contributed by atoms with E-state index in [4.69, 9.17) is 5.73 Å². The van der Waals surface area contributed by atoms with E-state index < -0.39 is 6.04 Å². The number of carbonyl (C=O) groups excluding carboxylic acids is 1. The van der Waals surface area contributed by atoms with Crippen molar-refractivity contribution in [3.63, 3.8) is 0 Å². The van der Waals surface area contributed by atoms with E-state index in [1.165, 1.54) is 0 Å². The van der Waals surface area contributed by atoms with E-state index in [1.807, 2.05) is 44.2 Å². The van der Waals surface area contributed by atoms with E-state index in [2.05, 4.69) is 12.2 Å². The molecule has 0 aliphatic carbocycles. The van der Waals surface area contributed by atoms with E-state index in [-0.39, 0.29) is 30.3 Å². The minimum Gasteiger partial charge on any atom is -0.348 e. The maximum Gasteiger partial charge on any atom is 0.237 e. The summed E-state index contributed by atoms with van der Waals surface area (Å²) in [7, 11) is 0. The van der Waals surface area contributed by atoms with Crippen molar-refractivity contribution in [2.24, 2.45) is 11.7 Å². The first kappa shape index (κ1) is 16.9. The minimum atomic E-state index is -0.437. The van der Waals surface area contributed by atoms with Gasteiger partial charge in [-0.05, 0) is 17.9 Å². The van der Waals surface area contributed by atoms with Gasteiger partial charge in [-0.25, -0.2) is 0 Å². The Labute approximate surface area is 116 Å². The Balaban J connectivity index is 0.00000289. The van der Waals surface area contributed by atoms with Gasteiger partial charge in [0.2, 0.25) is 5.91 Å². The Bertz CT molecular complexity index is 354. The summed E-state index contributed by atoms with van der Waals surface area (Å²) in [6.07, 6.45) is 0.862. The number of amides is 1. The molecule has 0 aliphatic rings. The molecule has 0 aromatic heterocycles. The van der Waals surface area contributed by atoms with Crippen molar-refractivity contribution in [3.8, 4) is 0 Å². The van der Waals surface area contributed by atoms with Gasteiger partial charge in [0, 0.05) is 0 Å². The van der Waals surface area contributed by atoms with Gasteiger partial charge in [0.1, 0.15) is 0 Å². The van der Waals surface area contributed by atoms with Crippen LogP contribution in [0.1, 0.15) is 38.8 Å². The van der Waals surface area contributed by atoms with Gasteiger partial charge in [-0.1, -0.05) is 51.1 Å². The van der Waals surface area contributed by atoms with E-state index in [1.54, 1.807) is 0 Å². The fraction of sp³-hybridized carbons (Fsp3) is 0.500. The molecule has 3 nitrogen and oxygen atoms in total. The van der Waals surface area contributed by atoms with Gasteiger partial charge < -0.3 is 11.1 Å². The van der Waals surface area contributed by atoms with Crippen LogP contribution in [0, 0.1) is 5.92 Å². The minimum absolute atomic E-state index is 0. The SMILES string of the molecule is CC[C@@H](NC(=O)C(N)C(C)C)c1ccccc1.Cl. The molecule has 1 unspecified atom stereocenters. The first-order chi connectivity index (χ1) is 8.06. The molecule has 4 heteroatoms. The lowest BCUT2D eigenvalue weighted by molar-refractivity contribution is -0.124. The molecule has 0 heterocycles. The summed E-state index contributed by atoms with van der Waals surface area (Å²) in [4.78, 5) is 11.9. The molecular formula is C14H23ClN2O. The number of halogens is 1. The monoisotopic (exact) mass is 270 g/mol. The lowest BCUT2D eigenvalue weighted by atomic mass is 10.0. The van der Waals surface area contributed by atoms with Crippen LogP contribution in [-0.4, -0.2) is 11.9 Å². The third-order valence-electron chi connectivity index (χ3n) is 2.95. The van der Waals surface area contributed by atoms with Crippen LogP contribution < -0.4 is 11.1 Å². The number of hydrogen-bond donors (Lipinski definition) is 2. The van der Waals surface area contributed by atoms with Crippen molar-refractivity contribution in [1.29, 1.82) is 0 Å². The molecule has 1 aromatic rings. The first-order valence-corrected chi connectivity index (χ1v) is 6.17. The zero-order valence-electron chi connectivity index (χ0n) is 11.2. The Morgan fingerprint density at radius 2 is 1.83 bits per heavy atom. The third kappa shape index (κ3) is 4.67. The molecule has 1 rings (SSSR count). The van der Waals surface area contributed by atoms with Gasteiger partial charge in [0.15, 0.2) is 0 Å². The van der Waals surface area contributed by atoms with Gasteiger partial charge in [-0.3, -0.25) is 4.79 Å². The topological polar surface area (TPSA) is 55.1 Å². The van der Waals surface area contributed by atoms with Gasteiger partial charge in [-0.2, -0.15) is 0 Å². The summed E-state index contributed by atoms with van der Waals surface area (Å²) in [5.74, 6) is 0.0824. The third-order valence-corrected chi connectivity index (χ3v) is 2.95. The Morgan fingerprint density at radius 3 is 2.28 bits per heavy atom. The van der Waals surface area contributed by atoms with Crippen molar-refractivity contribution in [2.45, 2.75) is 39.3 Å². The van der Waals surface area contributed by atoms with E-state index >= 15 is 0 Å². The van der Waals surface area contributed by atoms with Gasteiger partial charge in [-0.15, -0.1) is 12.4 Å². The maximum absolute atomic E-state index is 11.9.